The van der Waals surface area contributed by atoms with E-state index in [9.17, 15) is 19.7 Å². The number of carbonyl (C=O) groups excluding carboxylic acids is 2. The summed E-state index contributed by atoms with van der Waals surface area (Å²) in [4.78, 5) is 34.0. The third kappa shape index (κ3) is 4.69. The average Bonchev–Trinajstić information content (AvgIpc) is 2.66. The quantitative estimate of drug-likeness (QED) is 0.597. The Kier molecular flexibility index (Phi) is 6.10. The molecule has 26 heavy (non-hydrogen) atoms. The lowest BCUT2D eigenvalue weighted by Crippen LogP contribution is -2.42. The van der Waals surface area contributed by atoms with Gasteiger partial charge in [0.1, 0.15) is 11.5 Å². The van der Waals surface area contributed by atoms with E-state index in [1.54, 1.807) is 18.2 Å². The fourth-order valence-corrected chi connectivity index (χ4v) is 2.15. The summed E-state index contributed by atoms with van der Waals surface area (Å²) in [5.74, 6) is 0.0392. The zero-order valence-electron chi connectivity index (χ0n) is 14.1. The Labute approximate surface area is 149 Å². The van der Waals surface area contributed by atoms with Gasteiger partial charge in [0.25, 0.3) is 11.6 Å². The largest absolute Gasteiger partial charge is 0.497 e. The molecule has 0 heterocycles. The van der Waals surface area contributed by atoms with Crippen LogP contribution >= 0.6 is 0 Å². The van der Waals surface area contributed by atoms with Gasteiger partial charge in [-0.2, -0.15) is 0 Å². The number of nitro groups is 1. The van der Waals surface area contributed by atoms with Crippen LogP contribution in [0.3, 0.4) is 0 Å². The summed E-state index contributed by atoms with van der Waals surface area (Å²) in [6, 6.07) is 10.0. The second-order valence-corrected chi connectivity index (χ2v) is 5.16. The van der Waals surface area contributed by atoms with Gasteiger partial charge >= 0.3 is 0 Å². The maximum Gasteiger partial charge on any atom is 0.269 e. The van der Waals surface area contributed by atoms with Gasteiger partial charge in [0.05, 0.1) is 25.6 Å². The van der Waals surface area contributed by atoms with Crippen molar-refractivity contribution in [2.45, 2.75) is 6.42 Å². The molecular formula is C17H17N3O6. The van der Waals surface area contributed by atoms with E-state index in [1.165, 1.54) is 38.5 Å². The molecule has 0 saturated heterocycles. The number of hydrogen-bond donors (Lipinski definition) is 2. The molecule has 0 unspecified atom stereocenters. The van der Waals surface area contributed by atoms with E-state index >= 15 is 0 Å². The molecule has 0 saturated carbocycles. The van der Waals surface area contributed by atoms with Crippen molar-refractivity contribution >= 4 is 17.5 Å². The summed E-state index contributed by atoms with van der Waals surface area (Å²) in [7, 11) is 3.00. The number of methoxy groups -OCH3 is 2. The predicted molar refractivity (Wildman–Crippen MR) is 92.0 cm³/mol. The van der Waals surface area contributed by atoms with Gasteiger partial charge in [-0.15, -0.1) is 0 Å². The molecule has 0 radical (unpaired) electrons. The molecule has 0 aromatic heterocycles. The van der Waals surface area contributed by atoms with Crippen molar-refractivity contribution in [1.82, 2.24) is 10.9 Å². The molecular weight excluding hydrogens is 342 g/mol. The van der Waals surface area contributed by atoms with Crippen molar-refractivity contribution in [3.8, 4) is 11.5 Å². The lowest BCUT2D eigenvalue weighted by molar-refractivity contribution is -0.384. The zero-order chi connectivity index (χ0) is 19.1. The smallest absolute Gasteiger partial charge is 0.269 e. The van der Waals surface area contributed by atoms with Crippen molar-refractivity contribution in [1.29, 1.82) is 0 Å². The maximum atomic E-state index is 12.0. The Balaban J connectivity index is 1.94. The summed E-state index contributed by atoms with van der Waals surface area (Å²) < 4.78 is 10.3. The highest BCUT2D eigenvalue weighted by Gasteiger charge is 2.13. The number of nitrogens with one attached hydrogen (secondary N) is 2. The number of benzene rings is 2. The number of nitro benzene ring substituents is 1. The van der Waals surface area contributed by atoms with Crippen LogP contribution in [0.5, 0.6) is 11.5 Å². The lowest BCUT2D eigenvalue weighted by Gasteiger charge is -2.11. The molecule has 0 aliphatic rings. The van der Waals surface area contributed by atoms with E-state index in [0.29, 0.717) is 17.1 Å². The monoisotopic (exact) mass is 359 g/mol. The van der Waals surface area contributed by atoms with E-state index in [4.69, 9.17) is 9.47 Å². The molecule has 2 aromatic carbocycles. The van der Waals surface area contributed by atoms with Gasteiger partial charge in [0.2, 0.25) is 5.91 Å². The molecule has 9 heteroatoms. The molecule has 0 atom stereocenters. The van der Waals surface area contributed by atoms with Crippen LogP contribution in [0.1, 0.15) is 15.9 Å². The van der Waals surface area contributed by atoms with Crippen LogP contribution in [0.25, 0.3) is 0 Å². The van der Waals surface area contributed by atoms with E-state index in [2.05, 4.69) is 10.9 Å². The molecule has 0 aliphatic heterocycles. The fourth-order valence-electron chi connectivity index (χ4n) is 2.15. The number of non-ortho nitro benzene ring substituents is 1. The molecule has 2 aromatic rings. The third-order valence-corrected chi connectivity index (χ3v) is 3.50. The standard InChI is InChI=1S/C17H17N3O6/c1-25-14-8-5-12(15(10-14)26-2)9-16(21)18-19-17(22)11-3-6-13(7-4-11)20(23)24/h3-8,10H,9H2,1-2H3,(H,18,21)(H,19,22). The van der Waals surface area contributed by atoms with Crippen LogP contribution < -0.4 is 20.3 Å². The first-order valence-electron chi connectivity index (χ1n) is 7.49. The van der Waals surface area contributed by atoms with Crippen LogP contribution in [0.2, 0.25) is 0 Å². The first kappa shape index (κ1) is 18.7. The number of carbonyl (C=O) groups is 2. The molecule has 136 valence electrons. The highest BCUT2D eigenvalue weighted by molar-refractivity contribution is 5.95. The summed E-state index contributed by atoms with van der Waals surface area (Å²) in [5, 5.41) is 10.6. The SMILES string of the molecule is COc1ccc(CC(=O)NNC(=O)c2ccc([N+](=O)[O-])cc2)c(OC)c1. The normalized spacial score (nSPS) is 9.92. The Morgan fingerprint density at radius 2 is 1.73 bits per heavy atom. The Morgan fingerprint density at radius 1 is 1.04 bits per heavy atom. The molecule has 2 rings (SSSR count). The summed E-state index contributed by atoms with van der Waals surface area (Å²) in [6.45, 7) is 0. The Bertz CT molecular complexity index is 820. The van der Waals surface area contributed by atoms with Crippen molar-refractivity contribution < 1.29 is 24.0 Å². The molecule has 0 aliphatic carbocycles. The van der Waals surface area contributed by atoms with Gasteiger partial charge in [-0.25, -0.2) is 0 Å². The number of rotatable bonds is 6. The lowest BCUT2D eigenvalue weighted by atomic mass is 10.1. The topological polar surface area (TPSA) is 120 Å². The van der Waals surface area contributed by atoms with E-state index in [0.717, 1.165) is 0 Å². The summed E-state index contributed by atoms with van der Waals surface area (Å²) in [5.41, 5.74) is 5.21. The minimum absolute atomic E-state index is 0.0201. The first-order chi connectivity index (χ1) is 12.4. The predicted octanol–water partition coefficient (Wildman–Crippen LogP) is 1.62. The van der Waals surface area contributed by atoms with Crippen LogP contribution in [-0.2, 0) is 11.2 Å². The minimum atomic E-state index is -0.588. The summed E-state index contributed by atoms with van der Waals surface area (Å²) >= 11 is 0. The number of amides is 2. The van der Waals surface area contributed by atoms with Gasteiger partial charge in [-0.1, -0.05) is 6.07 Å². The number of ether oxygens (including phenoxy) is 2. The van der Waals surface area contributed by atoms with Crippen molar-refractivity contribution in [3.05, 3.63) is 63.7 Å². The number of hydrazine groups is 1. The van der Waals surface area contributed by atoms with Gasteiger partial charge in [0.15, 0.2) is 0 Å². The molecule has 9 nitrogen and oxygen atoms in total. The Morgan fingerprint density at radius 3 is 2.31 bits per heavy atom. The highest BCUT2D eigenvalue weighted by Crippen LogP contribution is 2.24. The Hall–Kier alpha value is -3.62. The van der Waals surface area contributed by atoms with Gasteiger partial charge in [0, 0.05) is 29.3 Å². The van der Waals surface area contributed by atoms with Crippen LogP contribution in [-0.4, -0.2) is 31.0 Å². The van der Waals surface area contributed by atoms with Gasteiger partial charge in [-0.3, -0.25) is 30.6 Å². The molecule has 0 bridgehead atoms. The second kappa shape index (κ2) is 8.47. The first-order valence-corrected chi connectivity index (χ1v) is 7.49. The van der Waals surface area contributed by atoms with Gasteiger partial charge in [-0.05, 0) is 18.2 Å². The number of nitrogens with zero attached hydrogens (tertiary/aromatic N) is 1. The number of hydrogen-bond acceptors (Lipinski definition) is 6. The van der Waals surface area contributed by atoms with Crippen LogP contribution in [0, 0.1) is 10.1 Å². The average molecular weight is 359 g/mol. The molecule has 0 spiro atoms. The summed E-state index contributed by atoms with van der Waals surface area (Å²) in [6.07, 6.45) is -0.0201. The van der Waals surface area contributed by atoms with Gasteiger partial charge < -0.3 is 9.47 Å². The van der Waals surface area contributed by atoms with E-state index < -0.39 is 16.7 Å². The third-order valence-electron chi connectivity index (χ3n) is 3.50. The van der Waals surface area contributed by atoms with Crippen molar-refractivity contribution in [3.63, 3.8) is 0 Å². The van der Waals surface area contributed by atoms with Crippen LogP contribution in [0.4, 0.5) is 5.69 Å². The van der Waals surface area contributed by atoms with E-state index in [-0.39, 0.29) is 17.7 Å². The maximum absolute atomic E-state index is 12.0. The minimum Gasteiger partial charge on any atom is -0.497 e. The highest BCUT2D eigenvalue weighted by atomic mass is 16.6. The molecule has 0 fully saturated rings. The van der Waals surface area contributed by atoms with Crippen LogP contribution in [0.15, 0.2) is 42.5 Å². The fraction of sp³-hybridized carbons (Fsp3) is 0.176. The molecule has 2 N–H and O–H groups in total. The van der Waals surface area contributed by atoms with E-state index in [1.807, 2.05) is 0 Å². The second-order valence-electron chi connectivity index (χ2n) is 5.16. The molecule has 2 amide bonds. The van der Waals surface area contributed by atoms with Crippen molar-refractivity contribution in [2.24, 2.45) is 0 Å². The van der Waals surface area contributed by atoms with Crippen molar-refractivity contribution in [2.75, 3.05) is 14.2 Å². The zero-order valence-corrected chi connectivity index (χ0v) is 14.1.